The molecule has 0 aromatic carbocycles. The summed E-state index contributed by atoms with van der Waals surface area (Å²) in [6.45, 7) is 2.20. The van der Waals surface area contributed by atoms with Crippen LogP contribution in [-0.4, -0.2) is 16.9 Å². The Hall–Kier alpha value is -1.38. The van der Waals surface area contributed by atoms with Crippen molar-refractivity contribution >= 4 is 11.8 Å². The third-order valence-corrected chi connectivity index (χ3v) is 3.37. The smallest absolute Gasteiger partial charge is 0.328 e. The van der Waals surface area contributed by atoms with Crippen LogP contribution in [0, 0.1) is 0 Å². The largest absolute Gasteiger partial charge is 0.478 e. The molecule has 0 unspecified atom stereocenters. The Morgan fingerprint density at radius 1 is 0.857 bits per heavy atom. The van der Waals surface area contributed by atoms with Crippen molar-refractivity contribution in [1.29, 1.82) is 0 Å². The zero-order valence-electron chi connectivity index (χ0n) is 13.4. The zero-order chi connectivity index (χ0) is 15.8. The van der Waals surface area contributed by atoms with Crippen LogP contribution in [0.3, 0.4) is 0 Å². The molecule has 0 saturated heterocycles. The summed E-state index contributed by atoms with van der Waals surface area (Å²) in [6, 6.07) is 0. The lowest BCUT2D eigenvalue weighted by atomic mass is 10.0. The SMILES string of the molecule is CCCCCCCC(=O)CCCCCC=CC=CC(=O)O. The van der Waals surface area contributed by atoms with E-state index in [2.05, 4.69) is 6.92 Å². The number of carboxylic acids is 1. The monoisotopic (exact) mass is 294 g/mol. The molecule has 0 spiro atoms. The Morgan fingerprint density at radius 2 is 1.48 bits per heavy atom. The van der Waals surface area contributed by atoms with Crippen molar-refractivity contribution in [2.24, 2.45) is 0 Å². The number of rotatable bonds is 14. The fourth-order valence-corrected chi connectivity index (χ4v) is 2.12. The Morgan fingerprint density at radius 3 is 2.10 bits per heavy atom. The van der Waals surface area contributed by atoms with Gasteiger partial charge < -0.3 is 5.11 Å². The maximum Gasteiger partial charge on any atom is 0.328 e. The van der Waals surface area contributed by atoms with E-state index in [1.807, 2.05) is 6.08 Å². The highest BCUT2D eigenvalue weighted by Crippen LogP contribution is 2.09. The average molecular weight is 294 g/mol. The van der Waals surface area contributed by atoms with Crippen LogP contribution in [-0.2, 0) is 9.59 Å². The number of hydrogen-bond acceptors (Lipinski definition) is 2. The number of allylic oxidation sites excluding steroid dienone is 3. The van der Waals surface area contributed by atoms with Crippen LogP contribution in [0.4, 0.5) is 0 Å². The molecule has 0 radical (unpaired) electrons. The highest BCUT2D eigenvalue weighted by molar-refractivity contribution is 5.80. The van der Waals surface area contributed by atoms with Gasteiger partial charge in [0.1, 0.15) is 5.78 Å². The molecule has 0 amide bonds. The number of hydrogen-bond donors (Lipinski definition) is 1. The summed E-state index contributed by atoms with van der Waals surface area (Å²) in [6.07, 6.45) is 17.9. The summed E-state index contributed by atoms with van der Waals surface area (Å²) in [5.41, 5.74) is 0. The van der Waals surface area contributed by atoms with Gasteiger partial charge in [-0.15, -0.1) is 0 Å². The van der Waals surface area contributed by atoms with E-state index < -0.39 is 5.97 Å². The summed E-state index contributed by atoms with van der Waals surface area (Å²) >= 11 is 0. The number of carbonyl (C=O) groups is 2. The van der Waals surface area contributed by atoms with Crippen molar-refractivity contribution in [2.75, 3.05) is 0 Å². The first kappa shape index (κ1) is 19.6. The molecule has 3 nitrogen and oxygen atoms in total. The number of aliphatic carboxylic acids is 1. The second kappa shape index (κ2) is 15.0. The first-order chi connectivity index (χ1) is 10.2. The fourth-order valence-electron chi connectivity index (χ4n) is 2.12. The maximum atomic E-state index is 11.6. The van der Waals surface area contributed by atoms with Crippen LogP contribution < -0.4 is 0 Å². The molecular weight excluding hydrogens is 264 g/mol. The van der Waals surface area contributed by atoms with Crippen LogP contribution in [0.1, 0.15) is 77.6 Å². The molecule has 0 fully saturated rings. The van der Waals surface area contributed by atoms with E-state index in [9.17, 15) is 9.59 Å². The van der Waals surface area contributed by atoms with E-state index in [0.29, 0.717) is 5.78 Å². The Bertz CT molecular complexity index is 329. The second-order valence-electron chi connectivity index (χ2n) is 5.43. The number of unbranched alkanes of at least 4 members (excludes halogenated alkanes) is 7. The van der Waals surface area contributed by atoms with Crippen LogP contribution in [0.15, 0.2) is 24.3 Å². The quantitative estimate of drug-likeness (QED) is 0.277. The fraction of sp³-hybridized carbons (Fsp3) is 0.667. The number of carboxylic acid groups (broad SMARTS) is 1. The molecule has 0 bridgehead atoms. The van der Waals surface area contributed by atoms with E-state index in [1.54, 1.807) is 6.08 Å². The van der Waals surface area contributed by atoms with Crippen molar-refractivity contribution in [3.8, 4) is 0 Å². The lowest BCUT2D eigenvalue weighted by Crippen LogP contribution is -1.97. The van der Waals surface area contributed by atoms with Gasteiger partial charge in [0, 0.05) is 18.9 Å². The Labute approximate surface area is 129 Å². The van der Waals surface area contributed by atoms with E-state index >= 15 is 0 Å². The lowest BCUT2D eigenvalue weighted by Gasteiger charge is -2.01. The minimum Gasteiger partial charge on any atom is -0.478 e. The molecule has 0 atom stereocenters. The minimum absolute atomic E-state index is 0.409. The van der Waals surface area contributed by atoms with Gasteiger partial charge >= 0.3 is 5.97 Å². The summed E-state index contributed by atoms with van der Waals surface area (Å²) < 4.78 is 0. The van der Waals surface area contributed by atoms with Crippen molar-refractivity contribution in [2.45, 2.75) is 77.6 Å². The normalized spacial score (nSPS) is 11.5. The molecule has 3 heteroatoms. The highest BCUT2D eigenvalue weighted by atomic mass is 16.4. The van der Waals surface area contributed by atoms with E-state index in [0.717, 1.165) is 51.0 Å². The van der Waals surface area contributed by atoms with Gasteiger partial charge in [-0.3, -0.25) is 4.79 Å². The van der Waals surface area contributed by atoms with E-state index in [4.69, 9.17) is 5.11 Å². The van der Waals surface area contributed by atoms with E-state index in [1.165, 1.54) is 31.8 Å². The Balaban J connectivity index is 3.34. The van der Waals surface area contributed by atoms with Crippen molar-refractivity contribution in [3.63, 3.8) is 0 Å². The first-order valence-electron chi connectivity index (χ1n) is 8.24. The van der Waals surface area contributed by atoms with Crippen LogP contribution in [0.25, 0.3) is 0 Å². The van der Waals surface area contributed by atoms with Crippen molar-refractivity contribution < 1.29 is 14.7 Å². The van der Waals surface area contributed by atoms with Crippen LogP contribution in [0.2, 0.25) is 0 Å². The number of carbonyl (C=O) groups excluding carboxylic acids is 1. The minimum atomic E-state index is -0.923. The van der Waals surface area contributed by atoms with Gasteiger partial charge in [-0.1, -0.05) is 57.3 Å². The van der Waals surface area contributed by atoms with E-state index in [-0.39, 0.29) is 0 Å². The first-order valence-corrected chi connectivity index (χ1v) is 8.24. The summed E-state index contributed by atoms with van der Waals surface area (Å²) in [7, 11) is 0. The van der Waals surface area contributed by atoms with Gasteiger partial charge in [-0.25, -0.2) is 4.79 Å². The summed E-state index contributed by atoms with van der Waals surface area (Å²) in [5.74, 6) is -0.515. The molecule has 0 rings (SSSR count). The topological polar surface area (TPSA) is 54.4 Å². The standard InChI is InChI=1S/C18H30O3/c1-2-3-4-8-11-14-17(19)15-12-9-6-5-7-10-13-16-18(20)21/h7,10,13,16H,2-6,8-9,11-12,14-15H2,1H3,(H,20,21). The summed E-state index contributed by atoms with van der Waals surface area (Å²) in [4.78, 5) is 21.8. The molecule has 0 aromatic rings. The van der Waals surface area contributed by atoms with Gasteiger partial charge in [0.15, 0.2) is 0 Å². The van der Waals surface area contributed by atoms with Crippen LogP contribution in [0.5, 0.6) is 0 Å². The third-order valence-electron chi connectivity index (χ3n) is 3.37. The molecule has 0 aliphatic carbocycles. The van der Waals surface area contributed by atoms with Gasteiger partial charge in [0.2, 0.25) is 0 Å². The molecule has 0 heterocycles. The average Bonchev–Trinajstić information content (AvgIpc) is 2.45. The molecule has 0 aromatic heterocycles. The predicted molar refractivity (Wildman–Crippen MR) is 87.4 cm³/mol. The number of Topliss-reactive ketones (excluding diaryl/α,β-unsaturated/α-hetero) is 1. The zero-order valence-corrected chi connectivity index (χ0v) is 13.4. The van der Waals surface area contributed by atoms with Gasteiger partial charge in [0.25, 0.3) is 0 Å². The highest BCUT2D eigenvalue weighted by Gasteiger charge is 2.01. The van der Waals surface area contributed by atoms with Crippen molar-refractivity contribution in [3.05, 3.63) is 24.3 Å². The second-order valence-corrected chi connectivity index (χ2v) is 5.43. The molecule has 120 valence electrons. The molecule has 0 saturated carbocycles. The van der Waals surface area contributed by atoms with Crippen molar-refractivity contribution in [1.82, 2.24) is 0 Å². The molecule has 1 N–H and O–H groups in total. The Kier molecular flexibility index (Phi) is 14.0. The number of ketones is 1. The van der Waals surface area contributed by atoms with Gasteiger partial charge in [0.05, 0.1) is 0 Å². The molecular formula is C18H30O3. The molecule has 21 heavy (non-hydrogen) atoms. The summed E-state index contributed by atoms with van der Waals surface area (Å²) in [5, 5.41) is 8.39. The van der Waals surface area contributed by atoms with Gasteiger partial charge in [-0.2, -0.15) is 0 Å². The molecule has 0 aliphatic heterocycles. The third kappa shape index (κ3) is 16.6. The van der Waals surface area contributed by atoms with Crippen LogP contribution >= 0.6 is 0 Å². The maximum absolute atomic E-state index is 11.6. The van der Waals surface area contributed by atoms with Gasteiger partial charge in [-0.05, 0) is 25.7 Å². The lowest BCUT2D eigenvalue weighted by molar-refractivity contribution is -0.131. The molecule has 0 aliphatic rings. The predicted octanol–water partition coefficient (Wildman–Crippen LogP) is 5.06.